The molecule has 9 nitrogen and oxygen atoms in total. The van der Waals surface area contributed by atoms with Crippen molar-refractivity contribution in [1.82, 2.24) is 5.32 Å². The molecule has 1 unspecified atom stereocenters. The van der Waals surface area contributed by atoms with Crippen LogP contribution in [0, 0.1) is 5.41 Å². The molecule has 9 heteroatoms. The summed E-state index contributed by atoms with van der Waals surface area (Å²) >= 11 is 0. The molecule has 2 aromatic rings. The van der Waals surface area contributed by atoms with Crippen LogP contribution in [0.15, 0.2) is 53.6 Å². The van der Waals surface area contributed by atoms with Crippen LogP contribution in [0.4, 0.5) is 0 Å². The van der Waals surface area contributed by atoms with E-state index in [9.17, 15) is 9.59 Å². The van der Waals surface area contributed by atoms with Crippen LogP contribution >= 0.6 is 0 Å². The first-order valence-electron chi connectivity index (χ1n) is 11.0. The van der Waals surface area contributed by atoms with Crippen molar-refractivity contribution in [3.8, 4) is 11.5 Å². The summed E-state index contributed by atoms with van der Waals surface area (Å²) in [5.74, 6) is 0.453. The van der Waals surface area contributed by atoms with E-state index < -0.39 is 5.41 Å². The standard InChI is InChI=1S/C25H32N4O5/c1-25(2,3)24(31)34-17-20(14-18-8-6-5-7-9-18)28-23(30)16-19-10-11-21(22(15-19)32-4)33-13-12-27-29-26/h5-11,15,20H,12-14,16-17H2,1-4H3,(H,28,30). The average Bonchev–Trinajstić information content (AvgIpc) is 2.80. The zero-order valence-corrected chi connectivity index (χ0v) is 20.1. The van der Waals surface area contributed by atoms with Crippen molar-refractivity contribution in [2.24, 2.45) is 10.5 Å². The second-order valence-electron chi connectivity index (χ2n) is 8.77. The van der Waals surface area contributed by atoms with Crippen LogP contribution in [0.25, 0.3) is 10.4 Å². The van der Waals surface area contributed by atoms with Gasteiger partial charge in [-0.05, 0) is 56.0 Å². The van der Waals surface area contributed by atoms with Gasteiger partial charge in [0.2, 0.25) is 5.91 Å². The van der Waals surface area contributed by atoms with Crippen LogP contribution in [-0.2, 0) is 27.2 Å². The van der Waals surface area contributed by atoms with E-state index in [2.05, 4.69) is 15.3 Å². The minimum Gasteiger partial charge on any atom is -0.493 e. The number of carbonyl (C=O) groups excluding carboxylic acids is 2. The van der Waals surface area contributed by atoms with Gasteiger partial charge in [0.15, 0.2) is 11.5 Å². The maximum absolute atomic E-state index is 12.8. The predicted molar refractivity (Wildman–Crippen MR) is 129 cm³/mol. The van der Waals surface area contributed by atoms with Gasteiger partial charge in [-0.25, -0.2) is 0 Å². The third kappa shape index (κ3) is 9.03. The SMILES string of the molecule is COc1cc(CC(=O)NC(COC(=O)C(C)(C)C)Cc2ccccc2)ccc1OCCN=[N+]=[N-]. The van der Waals surface area contributed by atoms with E-state index in [-0.39, 0.29) is 44.1 Å². The van der Waals surface area contributed by atoms with Gasteiger partial charge in [0.05, 0.1) is 38.1 Å². The van der Waals surface area contributed by atoms with E-state index >= 15 is 0 Å². The first-order chi connectivity index (χ1) is 16.2. The lowest BCUT2D eigenvalue weighted by Gasteiger charge is -2.22. The van der Waals surface area contributed by atoms with E-state index in [4.69, 9.17) is 19.7 Å². The van der Waals surface area contributed by atoms with Gasteiger partial charge in [0.25, 0.3) is 0 Å². The Bertz CT molecular complexity index is 998. The van der Waals surface area contributed by atoms with Crippen LogP contribution < -0.4 is 14.8 Å². The number of nitrogens with one attached hydrogen (secondary N) is 1. The Morgan fingerprint density at radius 2 is 1.82 bits per heavy atom. The number of ether oxygens (including phenoxy) is 3. The van der Waals surface area contributed by atoms with E-state index in [1.54, 1.807) is 39.0 Å². The molecule has 0 aliphatic heterocycles. The number of carbonyl (C=O) groups is 2. The summed E-state index contributed by atoms with van der Waals surface area (Å²) in [7, 11) is 1.51. The lowest BCUT2D eigenvalue weighted by molar-refractivity contribution is -0.154. The lowest BCUT2D eigenvalue weighted by Crippen LogP contribution is -2.42. The highest BCUT2D eigenvalue weighted by Gasteiger charge is 2.25. The molecule has 182 valence electrons. The minimum absolute atomic E-state index is 0.0814. The molecule has 0 saturated carbocycles. The first kappa shape index (κ1) is 26.5. The summed E-state index contributed by atoms with van der Waals surface area (Å²) < 4.78 is 16.4. The van der Waals surface area contributed by atoms with Gasteiger partial charge in [-0.15, -0.1) is 0 Å². The van der Waals surface area contributed by atoms with Crippen molar-refractivity contribution >= 4 is 11.9 Å². The predicted octanol–water partition coefficient (Wildman–Crippen LogP) is 4.24. The molecular weight excluding hydrogens is 436 g/mol. The van der Waals surface area contributed by atoms with E-state index in [0.717, 1.165) is 11.1 Å². The Morgan fingerprint density at radius 1 is 1.09 bits per heavy atom. The van der Waals surface area contributed by atoms with Gasteiger partial charge in [-0.2, -0.15) is 0 Å². The third-order valence-corrected chi connectivity index (χ3v) is 4.82. The Labute approximate surface area is 200 Å². The molecule has 2 aromatic carbocycles. The highest BCUT2D eigenvalue weighted by Crippen LogP contribution is 2.28. The average molecular weight is 469 g/mol. The quantitative estimate of drug-likeness (QED) is 0.164. The van der Waals surface area contributed by atoms with Crippen molar-refractivity contribution < 1.29 is 23.8 Å². The summed E-state index contributed by atoms with van der Waals surface area (Å²) in [5.41, 5.74) is 9.49. The van der Waals surface area contributed by atoms with Gasteiger partial charge < -0.3 is 19.5 Å². The van der Waals surface area contributed by atoms with Crippen LogP contribution in [0.2, 0.25) is 0 Å². The second-order valence-corrected chi connectivity index (χ2v) is 8.77. The smallest absolute Gasteiger partial charge is 0.311 e. The Hall–Kier alpha value is -3.71. The number of hydrogen-bond donors (Lipinski definition) is 1. The molecule has 0 saturated heterocycles. The fourth-order valence-electron chi connectivity index (χ4n) is 3.09. The van der Waals surface area contributed by atoms with E-state index in [1.807, 2.05) is 30.3 Å². The maximum atomic E-state index is 12.8. The molecular formula is C25H32N4O5. The van der Waals surface area contributed by atoms with Gasteiger partial charge >= 0.3 is 5.97 Å². The minimum atomic E-state index is -0.622. The van der Waals surface area contributed by atoms with Crippen LogP contribution in [0.1, 0.15) is 31.9 Å². The van der Waals surface area contributed by atoms with Crippen LogP contribution in [-0.4, -0.2) is 44.8 Å². The monoisotopic (exact) mass is 468 g/mol. The maximum Gasteiger partial charge on any atom is 0.311 e. The van der Waals surface area contributed by atoms with Gasteiger partial charge in [0.1, 0.15) is 6.61 Å². The Morgan fingerprint density at radius 3 is 2.47 bits per heavy atom. The number of nitrogens with zero attached hydrogens (tertiary/aromatic N) is 3. The molecule has 0 aliphatic rings. The number of rotatable bonds is 12. The largest absolute Gasteiger partial charge is 0.493 e. The summed E-state index contributed by atoms with van der Waals surface area (Å²) in [6.45, 7) is 5.87. The van der Waals surface area contributed by atoms with Gasteiger partial charge in [-0.1, -0.05) is 41.5 Å². The second kappa shape index (κ2) is 13.1. The summed E-state index contributed by atoms with van der Waals surface area (Å²) in [6.07, 6.45) is 0.652. The Balaban J connectivity index is 2.04. The number of azide groups is 1. The highest BCUT2D eigenvalue weighted by atomic mass is 16.5. The molecule has 0 aliphatic carbocycles. The van der Waals surface area contributed by atoms with Crippen LogP contribution in [0.5, 0.6) is 11.5 Å². The normalized spacial score (nSPS) is 11.6. The van der Waals surface area contributed by atoms with E-state index in [1.165, 1.54) is 7.11 Å². The molecule has 0 spiro atoms. The molecule has 0 aromatic heterocycles. The molecule has 1 atom stereocenters. The zero-order chi connectivity index (χ0) is 25.0. The highest BCUT2D eigenvalue weighted by molar-refractivity contribution is 5.79. The molecule has 2 rings (SSSR count). The number of amides is 1. The fourth-order valence-corrected chi connectivity index (χ4v) is 3.09. The molecule has 34 heavy (non-hydrogen) atoms. The molecule has 0 fully saturated rings. The fraction of sp³-hybridized carbons (Fsp3) is 0.440. The lowest BCUT2D eigenvalue weighted by atomic mass is 9.97. The third-order valence-electron chi connectivity index (χ3n) is 4.82. The van der Waals surface area contributed by atoms with Crippen molar-refractivity contribution in [3.05, 3.63) is 70.1 Å². The first-order valence-corrected chi connectivity index (χ1v) is 11.0. The number of methoxy groups -OCH3 is 1. The van der Waals surface area contributed by atoms with Crippen LogP contribution in [0.3, 0.4) is 0 Å². The van der Waals surface area contributed by atoms with E-state index in [0.29, 0.717) is 17.9 Å². The number of benzene rings is 2. The number of hydrogen-bond acceptors (Lipinski definition) is 6. The zero-order valence-electron chi connectivity index (χ0n) is 20.1. The van der Waals surface area contributed by atoms with Crippen molar-refractivity contribution in [2.45, 2.75) is 39.7 Å². The molecule has 1 N–H and O–H groups in total. The van der Waals surface area contributed by atoms with Crippen molar-refractivity contribution in [1.29, 1.82) is 0 Å². The summed E-state index contributed by atoms with van der Waals surface area (Å²) in [4.78, 5) is 27.7. The topological polar surface area (TPSA) is 123 Å². The summed E-state index contributed by atoms with van der Waals surface area (Å²) in [5, 5.41) is 6.41. The summed E-state index contributed by atoms with van der Waals surface area (Å²) in [6, 6.07) is 14.6. The number of esters is 1. The molecule has 1 amide bonds. The van der Waals surface area contributed by atoms with Crippen molar-refractivity contribution in [2.75, 3.05) is 26.9 Å². The molecule has 0 bridgehead atoms. The van der Waals surface area contributed by atoms with Crippen molar-refractivity contribution in [3.63, 3.8) is 0 Å². The molecule has 0 radical (unpaired) electrons. The van der Waals surface area contributed by atoms with Gasteiger partial charge in [0, 0.05) is 4.91 Å². The molecule has 0 heterocycles. The Kier molecular flexibility index (Phi) is 10.2. The van der Waals surface area contributed by atoms with Gasteiger partial charge in [-0.3, -0.25) is 9.59 Å².